The Morgan fingerprint density at radius 3 is 1.65 bits per heavy atom. The summed E-state index contributed by atoms with van der Waals surface area (Å²) < 4.78 is 15.3. The number of nitrogens with one attached hydrogen (secondary N) is 1. The molecule has 3 N–H and O–H groups in total. The maximum absolute atomic E-state index is 9.79. The van der Waals surface area contributed by atoms with Crippen molar-refractivity contribution in [1.82, 2.24) is 19.6 Å². The van der Waals surface area contributed by atoms with E-state index in [9.17, 15) is 20.7 Å². The summed E-state index contributed by atoms with van der Waals surface area (Å²) in [6.45, 7) is 1.86. The molecule has 8 aromatic rings. The van der Waals surface area contributed by atoms with Crippen molar-refractivity contribution in [2.75, 3.05) is 11.9 Å². The van der Waals surface area contributed by atoms with Crippen LogP contribution >= 0.6 is 0 Å². The Kier molecular flexibility index (Phi) is 10.9. The van der Waals surface area contributed by atoms with Crippen molar-refractivity contribution in [3.8, 4) is 69.2 Å². The van der Waals surface area contributed by atoms with Crippen LogP contribution in [0.2, 0.25) is 0 Å². The molecule has 6 aromatic carbocycles. The summed E-state index contributed by atoms with van der Waals surface area (Å²) in [5.41, 5.74) is 5.89. The zero-order chi connectivity index (χ0) is 42.4. The molecule has 0 spiro atoms. The van der Waals surface area contributed by atoms with Gasteiger partial charge in [-0.3, -0.25) is 0 Å². The second-order valence-corrected chi connectivity index (χ2v) is 14.7. The first-order valence-corrected chi connectivity index (χ1v) is 20.0. The third-order valence-electron chi connectivity index (χ3n) is 10.6. The maximum atomic E-state index is 9.79. The Hall–Kier alpha value is -8.61. The van der Waals surface area contributed by atoms with Crippen molar-refractivity contribution >= 4 is 17.9 Å². The van der Waals surface area contributed by atoms with Gasteiger partial charge in [0.05, 0.1) is 13.1 Å². The molecule has 0 radical (unpaired) electrons. The minimum atomic E-state index is -0.0273. The Bertz CT molecular complexity index is 2970. The predicted molar refractivity (Wildman–Crippen MR) is 236 cm³/mol. The molecule has 0 bridgehead atoms. The number of phenolic OH excluding ortho intramolecular Hbond substituents is 2. The van der Waals surface area contributed by atoms with Gasteiger partial charge >= 0.3 is 0 Å². The van der Waals surface area contributed by atoms with E-state index in [-0.39, 0.29) is 23.3 Å². The van der Waals surface area contributed by atoms with Gasteiger partial charge in [0.2, 0.25) is 0 Å². The van der Waals surface area contributed by atoms with Gasteiger partial charge in [-0.2, -0.15) is 20.7 Å². The Morgan fingerprint density at radius 2 is 1.08 bits per heavy atom. The van der Waals surface area contributed by atoms with E-state index >= 15 is 0 Å². The molecule has 0 saturated heterocycles. The van der Waals surface area contributed by atoms with E-state index in [0.717, 1.165) is 45.3 Å². The Labute approximate surface area is 357 Å². The summed E-state index contributed by atoms with van der Waals surface area (Å²) in [4.78, 5) is 4.52. The molecule has 302 valence electrons. The number of aromatic nitrogens is 4. The van der Waals surface area contributed by atoms with Crippen molar-refractivity contribution in [2.45, 2.75) is 24.9 Å². The number of hydrogen-bond acceptors (Lipinski definition) is 10. The van der Waals surface area contributed by atoms with E-state index in [1.165, 1.54) is 0 Å². The summed E-state index contributed by atoms with van der Waals surface area (Å²) in [5.74, 6) is 4.84. The fraction of sp³-hybridized carbons (Fsp3) is 0.100. The monoisotopic (exact) mass is 814 g/mol. The van der Waals surface area contributed by atoms with E-state index < -0.39 is 0 Å². The normalized spacial score (nSPS) is 14.7. The molecule has 2 aliphatic rings. The molecule has 12 nitrogen and oxygen atoms in total. The largest absolute Gasteiger partial charge is 0.508 e. The maximum Gasteiger partial charge on any atom is 0.168 e. The number of aliphatic imine (C=N–C) groups is 1. The lowest BCUT2D eigenvalue weighted by Gasteiger charge is -2.25. The third-order valence-corrected chi connectivity index (χ3v) is 10.6. The predicted octanol–water partition coefficient (Wildman–Crippen LogP) is 10.5. The Balaban J connectivity index is 0.000000158. The first-order chi connectivity index (χ1) is 30.4. The molecule has 10 rings (SSSR count). The SMILES string of the molecule is N#Cc1c(-c2ccc(Oc3ccccc3)cc2)nn2c1N=CC(c1cccc(O)c1)C2.N#Cc1c(-c2ccc(Oc3ccccc3)cc2)nn2c1NCC(c1cccc(O)c1)C2. The van der Waals surface area contributed by atoms with E-state index in [2.05, 4.69) is 27.5 Å². The van der Waals surface area contributed by atoms with Gasteiger partial charge in [-0.05, 0) is 108 Å². The topological polar surface area (TPSA) is 167 Å². The first-order valence-electron chi connectivity index (χ1n) is 20.0. The molecule has 0 aliphatic carbocycles. The van der Waals surface area contributed by atoms with Gasteiger partial charge in [0.15, 0.2) is 5.82 Å². The molecular weight excluding hydrogens is 777 g/mol. The van der Waals surface area contributed by atoms with Gasteiger partial charge < -0.3 is 25.0 Å². The number of benzene rings is 6. The summed E-state index contributed by atoms with van der Waals surface area (Å²) in [6, 6.07) is 53.2. The van der Waals surface area contributed by atoms with Gasteiger partial charge in [0.25, 0.3) is 0 Å². The molecule has 62 heavy (non-hydrogen) atoms. The summed E-state index contributed by atoms with van der Waals surface area (Å²) in [5, 5.41) is 51.9. The van der Waals surface area contributed by atoms with E-state index in [1.54, 1.807) is 28.9 Å². The number of aromatic hydroxyl groups is 2. The van der Waals surface area contributed by atoms with Crippen LogP contribution in [0.5, 0.6) is 34.5 Å². The molecule has 2 unspecified atom stereocenters. The molecule has 0 saturated carbocycles. The van der Waals surface area contributed by atoms with Crippen LogP contribution in [0, 0.1) is 22.7 Å². The number of phenols is 2. The van der Waals surface area contributed by atoms with E-state index in [4.69, 9.17) is 14.6 Å². The number of fused-ring (bicyclic) bond motifs is 2. The van der Waals surface area contributed by atoms with Gasteiger partial charge in [0.1, 0.15) is 75.0 Å². The minimum Gasteiger partial charge on any atom is -0.508 e. The zero-order valence-corrected chi connectivity index (χ0v) is 33.2. The molecule has 2 aliphatic heterocycles. The molecule has 2 atom stereocenters. The summed E-state index contributed by atoms with van der Waals surface area (Å²) in [7, 11) is 0. The van der Waals surface area contributed by atoms with Crippen LogP contribution in [-0.2, 0) is 13.1 Å². The van der Waals surface area contributed by atoms with Gasteiger partial charge in [-0.1, -0.05) is 60.7 Å². The number of ether oxygens (including phenoxy) is 2. The van der Waals surface area contributed by atoms with Crippen molar-refractivity contribution < 1.29 is 19.7 Å². The van der Waals surface area contributed by atoms with Gasteiger partial charge in [-0.25, -0.2) is 14.4 Å². The van der Waals surface area contributed by atoms with Crippen LogP contribution in [-0.4, -0.2) is 42.5 Å². The molecule has 4 heterocycles. The van der Waals surface area contributed by atoms with Crippen molar-refractivity contribution in [1.29, 1.82) is 10.5 Å². The average Bonchev–Trinajstić information content (AvgIpc) is 3.88. The number of rotatable bonds is 8. The second kappa shape index (κ2) is 17.3. The number of anilines is 1. The van der Waals surface area contributed by atoms with Gasteiger partial charge in [-0.15, -0.1) is 0 Å². The molecule has 12 heteroatoms. The number of nitrogens with zero attached hydrogens (tertiary/aromatic N) is 7. The summed E-state index contributed by atoms with van der Waals surface area (Å²) in [6.07, 6.45) is 1.81. The number of para-hydroxylation sites is 2. The highest BCUT2D eigenvalue weighted by molar-refractivity contribution is 5.79. The summed E-state index contributed by atoms with van der Waals surface area (Å²) >= 11 is 0. The minimum absolute atomic E-state index is 0.0273. The van der Waals surface area contributed by atoms with Crippen molar-refractivity contribution in [3.05, 3.63) is 180 Å². The lowest BCUT2D eigenvalue weighted by Crippen LogP contribution is -2.26. The second-order valence-electron chi connectivity index (χ2n) is 14.7. The molecule has 0 amide bonds. The lowest BCUT2D eigenvalue weighted by molar-refractivity contribution is 0.469. The lowest BCUT2D eigenvalue weighted by atomic mass is 9.97. The highest BCUT2D eigenvalue weighted by atomic mass is 16.5. The fourth-order valence-electron chi connectivity index (χ4n) is 7.55. The van der Waals surface area contributed by atoms with Crippen LogP contribution in [0.4, 0.5) is 11.6 Å². The Morgan fingerprint density at radius 1 is 0.565 bits per heavy atom. The standard InChI is InChI=1S/C25H20N4O2.C25H18N4O2/c2*26-14-23-24(17-9-11-22(12-10-17)31-21-7-2-1-3-8-21)28-29-16-19(15-27-25(23)29)18-5-4-6-20(30)13-18/h1-13,19,27,30H,15-16H2;1-13,15,19,30H,16H2. The van der Waals surface area contributed by atoms with Crippen LogP contribution in [0.3, 0.4) is 0 Å². The zero-order valence-electron chi connectivity index (χ0n) is 33.2. The van der Waals surface area contributed by atoms with E-state index in [1.807, 2.05) is 144 Å². The van der Waals surface area contributed by atoms with Crippen LogP contribution < -0.4 is 14.8 Å². The average molecular weight is 815 g/mol. The van der Waals surface area contributed by atoms with Crippen molar-refractivity contribution in [3.63, 3.8) is 0 Å². The highest BCUT2D eigenvalue weighted by Gasteiger charge is 2.27. The number of nitriles is 2. The first kappa shape index (κ1) is 38.9. The van der Waals surface area contributed by atoms with Gasteiger partial charge in [0, 0.05) is 35.7 Å². The molecular formula is C50H38N8O4. The quantitative estimate of drug-likeness (QED) is 0.135. The van der Waals surface area contributed by atoms with Crippen LogP contribution in [0.25, 0.3) is 22.5 Å². The fourth-order valence-corrected chi connectivity index (χ4v) is 7.55. The highest BCUT2D eigenvalue weighted by Crippen LogP contribution is 2.37. The third kappa shape index (κ3) is 8.30. The van der Waals surface area contributed by atoms with Crippen LogP contribution in [0.15, 0.2) is 163 Å². The molecule has 0 fully saturated rings. The van der Waals surface area contributed by atoms with E-state index in [0.29, 0.717) is 53.7 Å². The molecule has 2 aromatic heterocycles. The van der Waals surface area contributed by atoms with Crippen molar-refractivity contribution in [2.24, 2.45) is 4.99 Å². The van der Waals surface area contributed by atoms with Crippen LogP contribution in [0.1, 0.15) is 34.1 Å². The smallest absolute Gasteiger partial charge is 0.168 e. The number of hydrogen-bond donors (Lipinski definition) is 3.